The van der Waals surface area contributed by atoms with Crippen LogP contribution in [-0.4, -0.2) is 15.9 Å². The Hall–Kier alpha value is -1.69. The zero-order chi connectivity index (χ0) is 14.8. The molecule has 3 rings (SSSR count). The average Bonchev–Trinajstić information content (AvgIpc) is 2.83. The summed E-state index contributed by atoms with van der Waals surface area (Å²) in [7, 11) is 0. The SMILES string of the molecule is CC1CCCCCC1Nc1ccc2scnc2c1[N+](=O)[O-]. The van der Waals surface area contributed by atoms with Crippen LogP contribution in [0.3, 0.4) is 0 Å². The largest absolute Gasteiger partial charge is 0.376 e. The Kier molecular flexibility index (Phi) is 4.05. The molecule has 0 spiro atoms. The lowest BCUT2D eigenvalue weighted by molar-refractivity contribution is -0.382. The third kappa shape index (κ3) is 2.85. The predicted molar refractivity (Wildman–Crippen MR) is 85.9 cm³/mol. The van der Waals surface area contributed by atoms with Gasteiger partial charge in [-0.05, 0) is 30.9 Å². The van der Waals surface area contributed by atoms with Crippen molar-refractivity contribution in [3.8, 4) is 0 Å². The number of benzene rings is 1. The van der Waals surface area contributed by atoms with Gasteiger partial charge in [0, 0.05) is 6.04 Å². The van der Waals surface area contributed by atoms with Crippen molar-refractivity contribution in [3.05, 3.63) is 27.8 Å². The lowest BCUT2D eigenvalue weighted by Crippen LogP contribution is -2.26. The molecule has 1 aromatic heterocycles. The third-order valence-electron chi connectivity index (χ3n) is 4.36. The van der Waals surface area contributed by atoms with E-state index in [1.165, 1.54) is 37.0 Å². The van der Waals surface area contributed by atoms with Crippen molar-refractivity contribution >= 4 is 32.9 Å². The van der Waals surface area contributed by atoms with Crippen molar-refractivity contribution in [1.29, 1.82) is 0 Å². The molecule has 6 heteroatoms. The Balaban J connectivity index is 1.95. The van der Waals surface area contributed by atoms with Crippen LogP contribution in [-0.2, 0) is 0 Å². The lowest BCUT2D eigenvalue weighted by Gasteiger charge is -2.23. The van der Waals surface area contributed by atoms with Crippen molar-refractivity contribution in [2.45, 2.75) is 45.1 Å². The van der Waals surface area contributed by atoms with Gasteiger partial charge >= 0.3 is 5.69 Å². The van der Waals surface area contributed by atoms with E-state index in [1.807, 2.05) is 12.1 Å². The summed E-state index contributed by atoms with van der Waals surface area (Å²) >= 11 is 1.43. The number of thiazole rings is 1. The molecule has 1 aromatic carbocycles. The van der Waals surface area contributed by atoms with E-state index in [4.69, 9.17) is 0 Å². The fourth-order valence-corrected chi connectivity index (χ4v) is 3.80. The van der Waals surface area contributed by atoms with Crippen molar-refractivity contribution in [2.24, 2.45) is 5.92 Å². The van der Waals surface area contributed by atoms with E-state index in [9.17, 15) is 10.1 Å². The second-order valence-electron chi connectivity index (χ2n) is 5.78. The number of hydrogen-bond donors (Lipinski definition) is 1. The fourth-order valence-electron chi connectivity index (χ4n) is 3.13. The van der Waals surface area contributed by atoms with Crippen LogP contribution in [0.1, 0.15) is 39.0 Å². The summed E-state index contributed by atoms with van der Waals surface area (Å²) in [5.41, 5.74) is 2.88. The molecular weight excluding hydrogens is 286 g/mol. The Labute approximate surface area is 127 Å². The van der Waals surface area contributed by atoms with Crippen molar-refractivity contribution in [1.82, 2.24) is 4.98 Å². The molecule has 2 atom stereocenters. The minimum atomic E-state index is -0.314. The molecule has 0 aliphatic heterocycles. The van der Waals surface area contributed by atoms with E-state index in [-0.39, 0.29) is 10.6 Å². The van der Waals surface area contributed by atoms with Crippen LogP contribution in [0.5, 0.6) is 0 Å². The van der Waals surface area contributed by atoms with Crippen LogP contribution < -0.4 is 5.32 Å². The minimum Gasteiger partial charge on any atom is -0.376 e. The van der Waals surface area contributed by atoms with E-state index in [0.717, 1.165) is 11.1 Å². The highest BCUT2D eigenvalue weighted by Crippen LogP contribution is 2.36. The number of nitro groups is 1. The first-order chi connectivity index (χ1) is 10.2. The molecule has 112 valence electrons. The molecular formula is C15H19N3O2S. The Morgan fingerprint density at radius 1 is 1.33 bits per heavy atom. The highest BCUT2D eigenvalue weighted by Gasteiger charge is 2.25. The van der Waals surface area contributed by atoms with Gasteiger partial charge in [-0.25, -0.2) is 4.98 Å². The van der Waals surface area contributed by atoms with Gasteiger partial charge in [-0.3, -0.25) is 10.1 Å². The quantitative estimate of drug-likeness (QED) is 0.512. The first-order valence-corrected chi connectivity index (χ1v) is 8.32. The molecule has 1 N–H and O–H groups in total. The number of nitrogens with zero attached hydrogens (tertiary/aromatic N) is 2. The second-order valence-corrected chi connectivity index (χ2v) is 6.67. The van der Waals surface area contributed by atoms with Gasteiger partial charge in [0.1, 0.15) is 5.69 Å². The van der Waals surface area contributed by atoms with E-state index in [1.54, 1.807) is 5.51 Å². The molecule has 1 saturated carbocycles. The van der Waals surface area contributed by atoms with Crippen LogP contribution in [0.4, 0.5) is 11.4 Å². The Morgan fingerprint density at radius 3 is 2.95 bits per heavy atom. The van der Waals surface area contributed by atoms with Crippen molar-refractivity contribution in [2.75, 3.05) is 5.32 Å². The first kappa shape index (κ1) is 14.3. The monoisotopic (exact) mass is 305 g/mol. The molecule has 5 nitrogen and oxygen atoms in total. The molecule has 1 heterocycles. The molecule has 2 unspecified atom stereocenters. The molecule has 1 aliphatic carbocycles. The summed E-state index contributed by atoms with van der Waals surface area (Å²) in [5, 5.41) is 14.9. The third-order valence-corrected chi connectivity index (χ3v) is 5.15. The smallest absolute Gasteiger partial charge is 0.319 e. The van der Waals surface area contributed by atoms with Crippen LogP contribution in [0.25, 0.3) is 10.2 Å². The molecule has 2 aromatic rings. The summed E-state index contributed by atoms with van der Waals surface area (Å²) in [6.45, 7) is 2.23. The van der Waals surface area contributed by atoms with Crippen LogP contribution in [0, 0.1) is 16.0 Å². The lowest BCUT2D eigenvalue weighted by atomic mass is 9.96. The first-order valence-electron chi connectivity index (χ1n) is 7.44. The van der Waals surface area contributed by atoms with Crippen LogP contribution in [0.15, 0.2) is 17.6 Å². The molecule has 1 aliphatic rings. The summed E-state index contributed by atoms with van der Waals surface area (Å²) in [6.07, 6.45) is 5.97. The molecule has 0 saturated heterocycles. The maximum Gasteiger partial charge on any atom is 0.319 e. The van der Waals surface area contributed by atoms with Crippen LogP contribution in [0.2, 0.25) is 0 Å². The maximum absolute atomic E-state index is 11.5. The highest BCUT2D eigenvalue weighted by atomic mass is 32.1. The zero-order valence-corrected chi connectivity index (χ0v) is 12.9. The average molecular weight is 305 g/mol. The molecule has 0 bridgehead atoms. The van der Waals surface area contributed by atoms with E-state index in [0.29, 0.717) is 23.2 Å². The molecule has 1 fully saturated rings. The number of nitro benzene ring substituents is 1. The second kappa shape index (κ2) is 5.97. The number of aromatic nitrogens is 1. The van der Waals surface area contributed by atoms with Crippen molar-refractivity contribution < 1.29 is 4.92 Å². The summed E-state index contributed by atoms with van der Waals surface area (Å²) in [4.78, 5) is 15.3. The number of anilines is 1. The van der Waals surface area contributed by atoms with Gasteiger partial charge in [0.25, 0.3) is 0 Å². The number of hydrogen-bond acceptors (Lipinski definition) is 5. The number of fused-ring (bicyclic) bond motifs is 1. The van der Waals surface area contributed by atoms with E-state index >= 15 is 0 Å². The molecule has 0 radical (unpaired) electrons. The summed E-state index contributed by atoms with van der Waals surface area (Å²) in [5.74, 6) is 0.540. The summed E-state index contributed by atoms with van der Waals surface area (Å²) < 4.78 is 0.862. The minimum absolute atomic E-state index is 0.116. The van der Waals surface area contributed by atoms with Gasteiger partial charge in [0.2, 0.25) is 0 Å². The zero-order valence-electron chi connectivity index (χ0n) is 12.0. The number of nitrogens with one attached hydrogen (secondary N) is 1. The maximum atomic E-state index is 11.5. The predicted octanol–water partition coefficient (Wildman–Crippen LogP) is 4.59. The highest BCUT2D eigenvalue weighted by molar-refractivity contribution is 7.16. The van der Waals surface area contributed by atoms with Gasteiger partial charge in [0.05, 0.1) is 15.1 Å². The molecule has 21 heavy (non-hydrogen) atoms. The van der Waals surface area contributed by atoms with Gasteiger partial charge < -0.3 is 5.32 Å². The summed E-state index contributed by atoms with van der Waals surface area (Å²) in [6, 6.07) is 4.06. The topological polar surface area (TPSA) is 68.1 Å². The van der Waals surface area contributed by atoms with Crippen LogP contribution >= 0.6 is 11.3 Å². The molecule has 0 amide bonds. The fraction of sp³-hybridized carbons (Fsp3) is 0.533. The number of rotatable bonds is 3. The standard InChI is InChI=1S/C15H19N3O2S/c1-10-5-3-2-4-6-11(10)17-12-7-8-13-14(16-9-21-13)15(12)18(19)20/h7-11,17H,2-6H2,1H3. The van der Waals surface area contributed by atoms with Gasteiger partial charge in [-0.2, -0.15) is 0 Å². The van der Waals surface area contributed by atoms with E-state index in [2.05, 4.69) is 17.2 Å². The van der Waals surface area contributed by atoms with Gasteiger partial charge in [-0.1, -0.05) is 26.2 Å². The normalized spacial score (nSPS) is 22.9. The van der Waals surface area contributed by atoms with E-state index < -0.39 is 0 Å². The Bertz CT molecular complexity index is 655. The van der Waals surface area contributed by atoms with Crippen molar-refractivity contribution in [3.63, 3.8) is 0 Å². The van der Waals surface area contributed by atoms with Gasteiger partial charge in [0.15, 0.2) is 5.52 Å². The van der Waals surface area contributed by atoms with Gasteiger partial charge in [-0.15, -0.1) is 11.3 Å². The Morgan fingerprint density at radius 2 is 2.14 bits per heavy atom.